The summed E-state index contributed by atoms with van der Waals surface area (Å²) in [7, 11) is 3.23. The molecule has 1 aliphatic heterocycles. The van der Waals surface area contributed by atoms with Gasteiger partial charge < -0.3 is 24.7 Å². The SMILES string of the molecule is COc1cc2c(cc1C(C)(CN)OC)OCO2. The van der Waals surface area contributed by atoms with E-state index in [0.29, 0.717) is 23.8 Å². The first-order valence-corrected chi connectivity index (χ1v) is 5.38. The van der Waals surface area contributed by atoms with Crippen molar-refractivity contribution in [1.82, 2.24) is 0 Å². The molecule has 0 spiro atoms. The minimum atomic E-state index is -0.605. The Hall–Kier alpha value is -1.46. The Bertz CT molecular complexity index is 415. The van der Waals surface area contributed by atoms with Gasteiger partial charge in [0.2, 0.25) is 6.79 Å². The minimum absolute atomic E-state index is 0.230. The molecule has 17 heavy (non-hydrogen) atoms. The molecule has 2 N–H and O–H groups in total. The van der Waals surface area contributed by atoms with Crippen LogP contribution in [0.1, 0.15) is 12.5 Å². The van der Waals surface area contributed by atoms with Crippen LogP contribution in [0.4, 0.5) is 0 Å². The number of rotatable bonds is 4. The third-order valence-corrected chi connectivity index (χ3v) is 3.10. The summed E-state index contributed by atoms with van der Waals surface area (Å²) in [4.78, 5) is 0. The van der Waals surface area contributed by atoms with E-state index in [-0.39, 0.29) is 6.79 Å². The number of hydrogen-bond acceptors (Lipinski definition) is 5. The van der Waals surface area contributed by atoms with Gasteiger partial charge in [-0.2, -0.15) is 0 Å². The summed E-state index contributed by atoms with van der Waals surface area (Å²) in [6, 6.07) is 3.65. The second-order valence-corrected chi connectivity index (χ2v) is 4.04. The van der Waals surface area contributed by atoms with Crippen LogP contribution in [0.2, 0.25) is 0 Å². The van der Waals surface area contributed by atoms with E-state index < -0.39 is 5.60 Å². The van der Waals surface area contributed by atoms with Crippen LogP contribution in [-0.4, -0.2) is 27.6 Å². The van der Waals surface area contributed by atoms with Crippen molar-refractivity contribution in [3.05, 3.63) is 17.7 Å². The summed E-state index contributed by atoms with van der Waals surface area (Å²) >= 11 is 0. The molecule has 1 aromatic carbocycles. The Labute approximate surface area is 100 Å². The van der Waals surface area contributed by atoms with Crippen LogP contribution in [0.15, 0.2) is 12.1 Å². The maximum atomic E-state index is 5.77. The zero-order valence-electron chi connectivity index (χ0n) is 10.3. The number of hydrogen-bond donors (Lipinski definition) is 1. The quantitative estimate of drug-likeness (QED) is 0.856. The first-order chi connectivity index (χ1) is 8.14. The lowest BCUT2D eigenvalue weighted by Gasteiger charge is -2.28. The molecule has 5 heteroatoms. The second-order valence-electron chi connectivity index (χ2n) is 4.04. The van der Waals surface area contributed by atoms with E-state index >= 15 is 0 Å². The molecule has 1 atom stereocenters. The Kier molecular flexibility index (Phi) is 3.13. The second kappa shape index (κ2) is 4.43. The molecule has 0 amide bonds. The summed E-state index contributed by atoms with van der Waals surface area (Å²) in [5.74, 6) is 2.06. The zero-order valence-corrected chi connectivity index (χ0v) is 10.3. The van der Waals surface area contributed by atoms with E-state index in [1.54, 1.807) is 20.3 Å². The van der Waals surface area contributed by atoms with Gasteiger partial charge in [-0.3, -0.25) is 0 Å². The van der Waals surface area contributed by atoms with Crippen LogP contribution in [0, 0.1) is 0 Å². The number of nitrogens with two attached hydrogens (primary N) is 1. The van der Waals surface area contributed by atoms with Crippen molar-refractivity contribution in [3.63, 3.8) is 0 Å². The largest absolute Gasteiger partial charge is 0.496 e. The van der Waals surface area contributed by atoms with E-state index in [4.69, 9.17) is 24.7 Å². The third kappa shape index (κ3) is 1.92. The van der Waals surface area contributed by atoms with Gasteiger partial charge in [0.05, 0.1) is 7.11 Å². The molecular weight excluding hydrogens is 222 g/mol. The minimum Gasteiger partial charge on any atom is -0.496 e. The van der Waals surface area contributed by atoms with Gasteiger partial charge in [0, 0.05) is 25.3 Å². The van der Waals surface area contributed by atoms with Crippen LogP contribution in [0.25, 0.3) is 0 Å². The van der Waals surface area contributed by atoms with Crippen LogP contribution in [0.5, 0.6) is 17.2 Å². The fourth-order valence-electron chi connectivity index (χ4n) is 1.81. The Balaban J connectivity index is 2.52. The van der Waals surface area contributed by atoms with Crippen molar-refractivity contribution < 1.29 is 18.9 Å². The first kappa shape index (κ1) is 12.0. The Morgan fingerprint density at radius 1 is 1.29 bits per heavy atom. The Morgan fingerprint density at radius 2 is 1.94 bits per heavy atom. The predicted octanol–water partition coefficient (Wildman–Crippen LogP) is 1.24. The predicted molar refractivity (Wildman–Crippen MR) is 62.5 cm³/mol. The number of benzene rings is 1. The lowest BCUT2D eigenvalue weighted by molar-refractivity contribution is 0.00808. The van der Waals surface area contributed by atoms with Crippen LogP contribution in [0.3, 0.4) is 0 Å². The molecule has 1 aromatic rings. The summed E-state index contributed by atoms with van der Waals surface area (Å²) < 4.78 is 21.5. The van der Waals surface area contributed by atoms with Crippen molar-refractivity contribution >= 4 is 0 Å². The molecule has 94 valence electrons. The van der Waals surface area contributed by atoms with Crippen molar-refractivity contribution in [2.24, 2.45) is 5.73 Å². The number of ether oxygens (including phenoxy) is 4. The van der Waals surface area contributed by atoms with Gasteiger partial charge >= 0.3 is 0 Å². The highest BCUT2D eigenvalue weighted by molar-refractivity contribution is 5.53. The smallest absolute Gasteiger partial charge is 0.231 e. The van der Waals surface area contributed by atoms with Crippen molar-refractivity contribution in [2.45, 2.75) is 12.5 Å². The molecule has 0 bridgehead atoms. The molecule has 0 saturated carbocycles. The first-order valence-electron chi connectivity index (χ1n) is 5.38. The van der Waals surface area contributed by atoms with Gasteiger partial charge in [-0.1, -0.05) is 0 Å². The highest BCUT2D eigenvalue weighted by atomic mass is 16.7. The molecule has 1 unspecified atom stereocenters. The zero-order chi connectivity index (χ0) is 12.5. The van der Waals surface area contributed by atoms with Crippen LogP contribution >= 0.6 is 0 Å². The fourth-order valence-corrected chi connectivity index (χ4v) is 1.81. The van der Waals surface area contributed by atoms with Crippen molar-refractivity contribution in [1.29, 1.82) is 0 Å². The van der Waals surface area contributed by atoms with E-state index in [1.165, 1.54) is 0 Å². The van der Waals surface area contributed by atoms with Crippen molar-refractivity contribution in [3.8, 4) is 17.2 Å². The normalized spacial score (nSPS) is 16.7. The lowest BCUT2D eigenvalue weighted by atomic mass is 9.94. The molecule has 0 radical (unpaired) electrons. The molecule has 1 heterocycles. The van der Waals surface area contributed by atoms with Gasteiger partial charge in [0.25, 0.3) is 0 Å². The highest BCUT2D eigenvalue weighted by Crippen LogP contribution is 2.42. The number of fused-ring (bicyclic) bond motifs is 1. The average Bonchev–Trinajstić information content (AvgIpc) is 2.83. The van der Waals surface area contributed by atoms with Crippen molar-refractivity contribution in [2.75, 3.05) is 27.6 Å². The van der Waals surface area contributed by atoms with Gasteiger partial charge in [-0.25, -0.2) is 0 Å². The monoisotopic (exact) mass is 239 g/mol. The van der Waals surface area contributed by atoms with E-state index in [0.717, 1.165) is 5.56 Å². The molecule has 0 aromatic heterocycles. The molecule has 5 nitrogen and oxygen atoms in total. The maximum Gasteiger partial charge on any atom is 0.231 e. The molecule has 2 rings (SSSR count). The van der Waals surface area contributed by atoms with E-state index in [1.807, 2.05) is 13.0 Å². The molecule has 0 saturated heterocycles. The van der Waals surface area contributed by atoms with Gasteiger partial charge in [-0.15, -0.1) is 0 Å². The standard InChI is InChI=1S/C12H17NO4/c1-12(6-13,15-3)8-4-10-11(17-7-16-10)5-9(8)14-2/h4-5H,6-7,13H2,1-3H3. The van der Waals surface area contributed by atoms with E-state index in [9.17, 15) is 0 Å². The highest BCUT2D eigenvalue weighted by Gasteiger charge is 2.31. The Morgan fingerprint density at radius 3 is 2.47 bits per heavy atom. The topological polar surface area (TPSA) is 62.9 Å². The van der Waals surface area contributed by atoms with Crippen LogP contribution in [-0.2, 0) is 10.3 Å². The van der Waals surface area contributed by atoms with Gasteiger partial charge in [0.1, 0.15) is 11.4 Å². The molecular formula is C12H17NO4. The van der Waals surface area contributed by atoms with E-state index in [2.05, 4.69) is 0 Å². The average molecular weight is 239 g/mol. The van der Waals surface area contributed by atoms with Gasteiger partial charge in [0.15, 0.2) is 11.5 Å². The lowest BCUT2D eigenvalue weighted by Crippen LogP contribution is -2.34. The molecule has 1 aliphatic rings. The van der Waals surface area contributed by atoms with Crippen LogP contribution < -0.4 is 19.9 Å². The summed E-state index contributed by atoms with van der Waals surface area (Å²) in [6.07, 6.45) is 0. The number of methoxy groups -OCH3 is 2. The molecule has 0 aliphatic carbocycles. The fraction of sp³-hybridized carbons (Fsp3) is 0.500. The summed E-state index contributed by atoms with van der Waals surface area (Å²) in [6.45, 7) is 2.49. The van der Waals surface area contributed by atoms with Gasteiger partial charge in [-0.05, 0) is 13.0 Å². The maximum absolute atomic E-state index is 5.77. The molecule has 0 fully saturated rings. The summed E-state index contributed by atoms with van der Waals surface area (Å²) in [5.41, 5.74) is 6.02. The third-order valence-electron chi connectivity index (χ3n) is 3.10. The summed E-state index contributed by atoms with van der Waals surface area (Å²) in [5, 5.41) is 0.